The summed E-state index contributed by atoms with van der Waals surface area (Å²) in [5.41, 5.74) is 0. The number of aliphatic hydroxyl groups excluding tert-OH is 1. The van der Waals surface area contributed by atoms with Gasteiger partial charge >= 0.3 is 181 Å². The van der Waals surface area contributed by atoms with Crippen LogP contribution in [0.15, 0.2) is 9.85 Å². The maximum atomic E-state index is 10.8. The molecule has 0 bridgehead atoms. The molecule has 0 aliphatic carbocycles. The zero-order valence-electron chi connectivity index (χ0n) is 20.1. The summed E-state index contributed by atoms with van der Waals surface area (Å²) in [5.74, 6) is 0. The molecule has 0 aromatic carbocycles. The number of hydrogen-bond acceptors (Lipinski definition) is 3. The van der Waals surface area contributed by atoms with Crippen LogP contribution in [0.3, 0.4) is 0 Å². The second-order valence-corrected chi connectivity index (χ2v) is 28.1. The Balaban J connectivity index is 2.92. The Morgan fingerprint density at radius 3 is 1.86 bits per heavy atom. The molecule has 28 heavy (non-hydrogen) atoms. The van der Waals surface area contributed by atoms with E-state index in [1.807, 2.05) is 0 Å². The maximum absolute atomic E-state index is 10.8. The van der Waals surface area contributed by atoms with Crippen molar-refractivity contribution in [3.8, 4) is 0 Å². The van der Waals surface area contributed by atoms with Gasteiger partial charge in [0.25, 0.3) is 0 Å². The van der Waals surface area contributed by atoms with Crippen LogP contribution in [0.2, 0.25) is 31.4 Å². The Kier molecular flexibility index (Phi) is 11.1. The fourth-order valence-electron chi connectivity index (χ4n) is 3.77. The Hall–Kier alpha value is 0.476. The van der Waals surface area contributed by atoms with Crippen molar-refractivity contribution in [2.24, 2.45) is 0 Å². The van der Waals surface area contributed by atoms with Crippen LogP contribution in [0.5, 0.6) is 0 Å². The first-order valence-electron chi connectivity index (χ1n) is 11.7. The molecule has 1 aliphatic rings. The van der Waals surface area contributed by atoms with E-state index in [0.29, 0.717) is 6.61 Å². The minimum atomic E-state index is -2.60. The molecule has 166 valence electrons. The first-order chi connectivity index (χ1) is 13.0. The second kappa shape index (κ2) is 11.8. The molecule has 0 saturated carbocycles. The van der Waals surface area contributed by atoms with Gasteiger partial charge in [-0.05, 0) is 0 Å². The fourth-order valence-corrected chi connectivity index (χ4v) is 20.5. The first-order valence-corrected chi connectivity index (χ1v) is 22.1. The van der Waals surface area contributed by atoms with Crippen molar-refractivity contribution >= 4 is 26.7 Å². The van der Waals surface area contributed by atoms with Crippen LogP contribution < -0.4 is 0 Å². The summed E-state index contributed by atoms with van der Waals surface area (Å²) in [6.45, 7) is 18.7. The predicted molar refractivity (Wildman–Crippen MR) is 127 cm³/mol. The van der Waals surface area contributed by atoms with Crippen molar-refractivity contribution in [1.29, 1.82) is 0 Å². The quantitative estimate of drug-likeness (QED) is 0.265. The molecular weight excluding hydrogens is 471 g/mol. The monoisotopic (exact) mass is 520 g/mol. The van der Waals surface area contributed by atoms with E-state index in [2.05, 4.69) is 60.7 Å². The SMILES string of the molecule is CCC[CH2][Sn]([CH2]CCC)([CH2]CCC)[C]1=C[C@@H](O)[C@@H](CO[Si](C)(C)C(C)(C)C)O1. The van der Waals surface area contributed by atoms with Crippen LogP contribution in [0.25, 0.3) is 0 Å². The molecule has 0 unspecified atom stereocenters. The van der Waals surface area contributed by atoms with Gasteiger partial charge in [-0.1, -0.05) is 0 Å². The van der Waals surface area contributed by atoms with E-state index < -0.39 is 32.8 Å². The minimum absolute atomic E-state index is 0.180. The van der Waals surface area contributed by atoms with Crippen LogP contribution in [-0.2, 0) is 9.16 Å². The van der Waals surface area contributed by atoms with Gasteiger partial charge in [-0.2, -0.15) is 0 Å². The molecule has 3 nitrogen and oxygen atoms in total. The molecule has 0 saturated heterocycles. The predicted octanol–water partition coefficient (Wildman–Crippen LogP) is 7.04. The van der Waals surface area contributed by atoms with E-state index in [1.54, 1.807) is 0 Å². The van der Waals surface area contributed by atoms with Gasteiger partial charge in [0, 0.05) is 0 Å². The zero-order valence-corrected chi connectivity index (χ0v) is 23.9. The molecule has 1 N–H and O–H groups in total. The van der Waals surface area contributed by atoms with Crippen molar-refractivity contribution in [2.75, 3.05) is 6.61 Å². The van der Waals surface area contributed by atoms with Gasteiger partial charge in [0.2, 0.25) is 0 Å². The van der Waals surface area contributed by atoms with Crippen molar-refractivity contribution in [3.05, 3.63) is 9.85 Å². The van der Waals surface area contributed by atoms with E-state index in [1.165, 1.54) is 55.6 Å². The van der Waals surface area contributed by atoms with Gasteiger partial charge in [-0.25, -0.2) is 0 Å². The average Bonchev–Trinajstić information content (AvgIpc) is 3.00. The summed E-state index contributed by atoms with van der Waals surface area (Å²) in [4.78, 5) is 0. The summed E-state index contributed by atoms with van der Waals surface area (Å²) in [6, 6.07) is 0. The Morgan fingerprint density at radius 1 is 1.00 bits per heavy atom. The summed E-state index contributed by atoms with van der Waals surface area (Å²) < 4.78 is 18.3. The van der Waals surface area contributed by atoms with Crippen LogP contribution in [0, 0.1) is 0 Å². The zero-order chi connectivity index (χ0) is 21.4. The second-order valence-electron chi connectivity index (χ2n) is 10.3. The molecule has 0 amide bonds. The average molecular weight is 519 g/mol. The molecule has 0 aromatic rings. The molecule has 1 aliphatic heterocycles. The van der Waals surface area contributed by atoms with E-state index in [4.69, 9.17) is 9.16 Å². The van der Waals surface area contributed by atoms with Gasteiger partial charge in [-0.15, -0.1) is 0 Å². The Labute approximate surface area is 180 Å². The number of rotatable bonds is 13. The van der Waals surface area contributed by atoms with E-state index >= 15 is 0 Å². The Morgan fingerprint density at radius 2 is 1.46 bits per heavy atom. The van der Waals surface area contributed by atoms with E-state index in [9.17, 15) is 5.11 Å². The van der Waals surface area contributed by atoms with Crippen LogP contribution in [0.1, 0.15) is 80.1 Å². The number of aliphatic hydroxyl groups is 1. The molecule has 0 aromatic heterocycles. The van der Waals surface area contributed by atoms with Crippen molar-refractivity contribution in [2.45, 2.75) is 124 Å². The van der Waals surface area contributed by atoms with Crippen molar-refractivity contribution in [1.82, 2.24) is 0 Å². The number of unbranched alkanes of at least 4 members (excludes halogenated alkanes) is 3. The van der Waals surface area contributed by atoms with Crippen LogP contribution in [-0.4, -0.2) is 50.6 Å². The topological polar surface area (TPSA) is 38.7 Å². The first kappa shape index (κ1) is 26.5. The standard InChI is InChI=1S/C11H21O3Si.3C4H9.Sn/c1-11(2,3)15(4,5)14-8-10-9(12)6-7-13-10;3*1-3-4-2;/h6,9-10,12H,8H2,1-5H3;3*1,3-4H2,2H3;/t9-,10-;;;;/m1..../s1. The molecule has 2 atom stereocenters. The van der Waals surface area contributed by atoms with Gasteiger partial charge in [0.1, 0.15) is 0 Å². The molecule has 1 heterocycles. The van der Waals surface area contributed by atoms with Crippen molar-refractivity contribution in [3.63, 3.8) is 0 Å². The van der Waals surface area contributed by atoms with Gasteiger partial charge in [-0.3, -0.25) is 0 Å². The van der Waals surface area contributed by atoms with E-state index in [0.717, 1.165) is 0 Å². The summed E-state index contributed by atoms with van der Waals surface area (Å²) in [5, 5.41) is 10.9. The molecule has 1 rings (SSSR count). The van der Waals surface area contributed by atoms with Crippen LogP contribution in [0.4, 0.5) is 0 Å². The normalized spacial score (nSPS) is 21.0. The molecular formula is C23H48O3SiSn. The van der Waals surface area contributed by atoms with Gasteiger partial charge < -0.3 is 0 Å². The molecule has 0 spiro atoms. The summed E-state index contributed by atoms with van der Waals surface area (Å²) in [6.07, 6.45) is 9.10. The summed E-state index contributed by atoms with van der Waals surface area (Å²) in [7, 11) is -1.83. The number of hydrogen-bond donors (Lipinski definition) is 1. The third-order valence-corrected chi connectivity index (χ3v) is 26.5. The third-order valence-electron chi connectivity index (χ3n) is 6.95. The molecule has 0 fully saturated rings. The van der Waals surface area contributed by atoms with Crippen LogP contribution >= 0.6 is 0 Å². The summed E-state index contributed by atoms with van der Waals surface area (Å²) >= 11 is -2.60. The molecule has 5 heteroatoms. The van der Waals surface area contributed by atoms with Gasteiger partial charge in [0.15, 0.2) is 0 Å². The van der Waals surface area contributed by atoms with Gasteiger partial charge in [0.05, 0.1) is 0 Å². The van der Waals surface area contributed by atoms with Crippen molar-refractivity contribution < 1.29 is 14.3 Å². The molecule has 0 radical (unpaired) electrons. The third kappa shape index (κ3) is 7.31. The fraction of sp³-hybridized carbons (Fsp3) is 0.913. The number of ether oxygens (including phenoxy) is 1. The van der Waals surface area contributed by atoms with E-state index in [-0.39, 0.29) is 11.1 Å². The Bertz CT molecular complexity index is 463.